The highest BCUT2D eigenvalue weighted by Crippen LogP contribution is 2.18. The molecule has 0 aliphatic carbocycles. The summed E-state index contributed by atoms with van der Waals surface area (Å²) in [6, 6.07) is 0. The van der Waals surface area contributed by atoms with E-state index in [1.54, 1.807) is 11.3 Å². The Labute approximate surface area is 155 Å². The first kappa shape index (κ1) is 19.5. The molecule has 2 heterocycles. The van der Waals surface area contributed by atoms with E-state index in [0.29, 0.717) is 5.96 Å². The maximum Gasteiger partial charge on any atom is 0.191 e. The van der Waals surface area contributed by atoms with Crippen molar-refractivity contribution in [1.29, 1.82) is 0 Å². The highest BCUT2D eigenvalue weighted by Gasteiger charge is 2.19. The fraction of sp³-hybridized carbons (Fsp3) is 0.733. The predicted molar refractivity (Wildman–Crippen MR) is 106 cm³/mol. The van der Waals surface area contributed by atoms with Crippen molar-refractivity contribution in [2.24, 2.45) is 16.6 Å². The van der Waals surface area contributed by atoms with Crippen LogP contribution in [0.25, 0.3) is 0 Å². The monoisotopic (exact) mass is 437 g/mol. The number of guanidine groups is 1. The number of nitrogens with two attached hydrogens (primary N) is 1. The van der Waals surface area contributed by atoms with Crippen molar-refractivity contribution < 1.29 is 0 Å². The summed E-state index contributed by atoms with van der Waals surface area (Å²) in [5.41, 5.74) is 6.10. The molecule has 1 aromatic rings. The molecule has 2 rings (SSSR count). The van der Waals surface area contributed by atoms with Crippen molar-refractivity contribution in [3.8, 4) is 0 Å². The van der Waals surface area contributed by atoms with Crippen molar-refractivity contribution in [3.63, 3.8) is 0 Å². The summed E-state index contributed by atoms with van der Waals surface area (Å²) < 4.78 is 0. The predicted octanol–water partition coefficient (Wildman–Crippen LogP) is 3.02. The number of piperazine rings is 1. The van der Waals surface area contributed by atoms with Crippen LogP contribution in [0.2, 0.25) is 0 Å². The van der Waals surface area contributed by atoms with Crippen LogP contribution >= 0.6 is 35.3 Å². The zero-order valence-corrected chi connectivity index (χ0v) is 16.7. The summed E-state index contributed by atoms with van der Waals surface area (Å²) in [5, 5.41) is 3.13. The fourth-order valence-corrected chi connectivity index (χ4v) is 3.15. The Bertz CT molecular complexity index is 427. The van der Waals surface area contributed by atoms with Crippen molar-refractivity contribution >= 4 is 46.4 Å². The van der Waals surface area contributed by atoms with Crippen LogP contribution in [0.15, 0.2) is 16.6 Å². The quantitative estimate of drug-likeness (QED) is 0.322. The maximum absolute atomic E-state index is 6.10. The van der Waals surface area contributed by atoms with Crippen LogP contribution in [0, 0.1) is 5.92 Å². The maximum atomic E-state index is 6.10. The molecule has 22 heavy (non-hydrogen) atoms. The number of aliphatic imine (C=N–C) groups is 1. The molecule has 0 spiro atoms. The summed E-state index contributed by atoms with van der Waals surface area (Å²) >= 11 is 1.70. The molecule has 1 aromatic heterocycles. The third-order valence-corrected chi connectivity index (χ3v) is 4.59. The van der Waals surface area contributed by atoms with Gasteiger partial charge in [-0.2, -0.15) is 0 Å². The van der Waals surface area contributed by atoms with Crippen LogP contribution in [0.1, 0.15) is 33.1 Å². The number of rotatable bonds is 6. The number of aromatic nitrogens is 1. The van der Waals surface area contributed by atoms with E-state index in [0.717, 1.165) is 50.2 Å². The molecule has 5 nitrogen and oxygen atoms in total. The van der Waals surface area contributed by atoms with Crippen molar-refractivity contribution in [2.45, 2.75) is 33.1 Å². The molecule has 0 atom stereocenters. The second-order valence-electron chi connectivity index (χ2n) is 5.92. The summed E-state index contributed by atoms with van der Waals surface area (Å²) in [7, 11) is 0. The van der Waals surface area contributed by atoms with Gasteiger partial charge in [0.25, 0.3) is 0 Å². The van der Waals surface area contributed by atoms with Gasteiger partial charge in [0.05, 0.1) is 0 Å². The molecular formula is C15H28IN5S. The standard InChI is InChI=1S/C15H27N5S.HI/c1-13(2)5-3-4-6-17-14(16)19-8-10-20(11-9-19)15-18-7-12-21-15;/h7,12-13H,3-6,8-11H2,1-2H3,(H2,16,17);1H. The second kappa shape index (κ2) is 10.3. The summed E-state index contributed by atoms with van der Waals surface area (Å²) in [4.78, 5) is 13.4. The van der Waals surface area contributed by atoms with Crippen LogP contribution in [0.4, 0.5) is 5.13 Å². The minimum absolute atomic E-state index is 0. The molecule has 0 bridgehead atoms. The molecule has 0 radical (unpaired) electrons. The highest BCUT2D eigenvalue weighted by atomic mass is 127. The van der Waals surface area contributed by atoms with Gasteiger partial charge in [-0.15, -0.1) is 35.3 Å². The molecule has 126 valence electrons. The zero-order chi connectivity index (χ0) is 15.1. The van der Waals surface area contributed by atoms with Gasteiger partial charge in [0.2, 0.25) is 0 Å². The van der Waals surface area contributed by atoms with E-state index >= 15 is 0 Å². The first-order valence-electron chi connectivity index (χ1n) is 7.86. The normalized spacial score (nSPS) is 16.0. The van der Waals surface area contributed by atoms with Crippen molar-refractivity contribution in [3.05, 3.63) is 11.6 Å². The Hall–Kier alpha value is -0.570. The summed E-state index contributed by atoms with van der Waals surface area (Å²) in [6.07, 6.45) is 5.52. The van der Waals surface area contributed by atoms with Crippen molar-refractivity contribution in [2.75, 3.05) is 37.6 Å². The molecule has 0 amide bonds. The Morgan fingerprint density at radius 3 is 2.64 bits per heavy atom. The van der Waals surface area contributed by atoms with Gasteiger partial charge >= 0.3 is 0 Å². The Balaban J connectivity index is 0.00000242. The molecule has 2 N–H and O–H groups in total. The van der Waals surface area contributed by atoms with Gasteiger partial charge in [-0.1, -0.05) is 26.7 Å². The van der Waals surface area contributed by atoms with Crippen LogP contribution in [0.5, 0.6) is 0 Å². The number of nitrogens with zero attached hydrogens (tertiary/aromatic N) is 4. The van der Waals surface area contributed by atoms with Crippen LogP contribution in [0.3, 0.4) is 0 Å². The fourth-order valence-electron chi connectivity index (χ4n) is 2.46. The molecule has 1 saturated heterocycles. The lowest BCUT2D eigenvalue weighted by Gasteiger charge is -2.35. The van der Waals surface area contributed by atoms with E-state index < -0.39 is 0 Å². The smallest absolute Gasteiger partial charge is 0.191 e. The Morgan fingerprint density at radius 2 is 2.05 bits per heavy atom. The number of hydrogen-bond donors (Lipinski definition) is 1. The molecule has 1 aliphatic rings. The molecule has 1 aliphatic heterocycles. The number of unbranched alkanes of at least 4 members (excludes halogenated alkanes) is 1. The van der Waals surface area contributed by atoms with E-state index in [9.17, 15) is 0 Å². The lowest BCUT2D eigenvalue weighted by molar-refractivity contribution is 0.380. The summed E-state index contributed by atoms with van der Waals surface area (Å²) in [6.45, 7) is 9.18. The SMILES string of the molecule is CC(C)CCCCN=C(N)N1CCN(c2nccs2)CC1.I. The van der Waals surface area contributed by atoms with Crippen LogP contribution < -0.4 is 10.6 Å². The number of thiazole rings is 1. The van der Waals surface area contributed by atoms with Crippen molar-refractivity contribution in [1.82, 2.24) is 9.88 Å². The molecule has 0 aromatic carbocycles. The number of halogens is 1. The van der Waals surface area contributed by atoms with Gasteiger partial charge in [0.15, 0.2) is 11.1 Å². The van der Waals surface area contributed by atoms with Gasteiger partial charge in [0, 0.05) is 44.3 Å². The average Bonchev–Trinajstić information content (AvgIpc) is 3.01. The third kappa shape index (κ3) is 6.28. The number of hydrogen-bond acceptors (Lipinski definition) is 4. The lowest BCUT2D eigenvalue weighted by atomic mass is 10.1. The van der Waals surface area contributed by atoms with Gasteiger partial charge in [0.1, 0.15) is 0 Å². The minimum atomic E-state index is 0. The Kier molecular flexibility index (Phi) is 9.08. The van der Waals surface area contributed by atoms with E-state index in [-0.39, 0.29) is 24.0 Å². The van der Waals surface area contributed by atoms with E-state index in [4.69, 9.17) is 5.73 Å². The van der Waals surface area contributed by atoms with Gasteiger partial charge in [-0.25, -0.2) is 4.98 Å². The summed E-state index contributed by atoms with van der Waals surface area (Å²) in [5.74, 6) is 1.49. The molecule has 0 saturated carbocycles. The largest absolute Gasteiger partial charge is 0.370 e. The molecule has 7 heteroatoms. The Morgan fingerprint density at radius 1 is 1.32 bits per heavy atom. The van der Waals surface area contributed by atoms with E-state index in [1.807, 2.05) is 11.6 Å². The van der Waals surface area contributed by atoms with E-state index in [1.165, 1.54) is 12.8 Å². The van der Waals surface area contributed by atoms with Crippen LogP contribution in [-0.2, 0) is 0 Å². The second-order valence-corrected chi connectivity index (χ2v) is 6.79. The molecular weight excluding hydrogens is 409 g/mol. The highest BCUT2D eigenvalue weighted by molar-refractivity contribution is 14.0. The molecule has 0 unspecified atom stereocenters. The average molecular weight is 437 g/mol. The number of anilines is 1. The van der Waals surface area contributed by atoms with Gasteiger partial charge in [-0.05, 0) is 12.3 Å². The van der Waals surface area contributed by atoms with Crippen LogP contribution in [-0.4, -0.2) is 48.6 Å². The van der Waals surface area contributed by atoms with Gasteiger partial charge in [-0.3, -0.25) is 4.99 Å². The van der Waals surface area contributed by atoms with E-state index in [2.05, 4.69) is 33.6 Å². The topological polar surface area (TPSA) is 57.8 Å². The van der Waals surface area contributed by atoms with Gasteiger partial charge < -0.3 is 15.5 Å². The first-order chi connectivity index (χ1) is 10.2. The zero-order valence-electron chi connectivity index (χ0n) is 13.6. The molecule has 1 fully saturated rings. The minimum Gasteiger partial charge on any atom is -0.370 e. The lowest BCUT2D eigenvalue weighted by Crippen LogP contribution is -2.51. The third-order valence-electron chi connectivity index (χ3n) is 3.76. The first-order valence-corrected chi connectivity index (χ1v) is 8.74.